The van der Waals surface area contributed by atoms with Crippen molar-refractivity contribution < 1.29 is 18.0 Å². The summed E-state index contributed by atoms with van der Waals surface area (Å²) >= 11 is 0. The zero-order valence-corrected chi connectivity index (χ0v) is 18.9. The van der Waals surface area contributed by atoms with Crippen molar-refractivity contribution in [3.8, 4) is 0 Å². The van der Waals surface area contributed by atoms with Gasteiger partial charge in [0.1, 0.15) is 17.5 Å². The molecule has 4 rings (SSSR count). The van der Waals surface area contributed by atoms with Gasteiger partial charge in [-0.15, -0.1) is 0 Å². The molecule has 2 aromatic carbocycles. The van der Waals surface area contributed by atoms with E-state index >= 15 is 0 Å². The Morgan fingerprint density at radius 3 is 2.29 bits per heavy atom. The van der Waals surface area contributed by atoms with Crippen molar-refractivity contribution >= 4 is 29.0 Å². The smallest absolute Gasteiger partial charge is 0.353 e. The van der Waals surface area contributed by atoms with Crippen LogP contribution >= 0.6 is 0 Å². The number of hydrogen-bond donors (Lipinski definition) is 2. The molecule has 1 aliphatic rings. The van der Waals surface area contributed by atoms with Crippen LogP contribution in [0.5, 0.6) is 0 Å². The Labute approximate surface area is 195 Å². The maximum absolute atomic E-state index is 12.9. The number of hydrogen-bond acceptors (Lipinski definition) is 5. The van der Waals surface area contributed by atoms with Crippen molar-refractivity contribution in [2.45, 2.75) is 20.0 Å². The van der Waals surface area contributed by atoms with Crippen LogP contribution < -0.4 is 15.5 Å². The number of rotatable bonds is 4. The van der Waals surface area contributed by atoms with Gasteiger partial charge in [0, 0.05) is 43.6 Å². The molecule has 0 radical (unpaired) electrons. The zero-order chi connectivity index (χ0) is 24.3. The fourth-order valence-corrected chi connectivity index (χ4v) is 3.68. The quantitative estimate of drug-likeness (QED) is 0.548. The lowest BCUT2D eigenvalue weighted by Crippen LogP contribution is -2.50. The Hall–Kier alpha value is -3.82. The Morgan fingerprint density at radius 1 is 0.912 bits per heavy atom. The minimum atomic E-state index is -4.46. The summed E-state index contributed by atoms with van der Waals surface area (Å²) in [6.45, 7) is 5.74. The topological polar surface area (TPSA) is 73.4 Å². The number of aryl methyl sites for hydroxylation is 2. The average molecular weight is 470 g/mol. The third-order valence-corrected chi connectivity index (χ3v) is 5.48. The number of nitrogens with one attached hydrogen (secondary N) is 2. The molecule has 0 atom stereocenters. The number of benzene rings is 2. The summed E-state index contributed by atoms with van der Waals surface area (Å²) in [5.41, 5.74) is 1.40. The third kappa shape index (κ3) is 5.75. The van der Waals surface area contributed by atoms with Crippen LogP contribution in [0.25, 0.3) is 0 Å². The predicted octanol–water partition coefficient (Wildman–Crippen LogP) is 5.21. The lowest BCUT2D eigenvalue weighted by Gasteiger charge is -2.35. The van der Waals surface area contributed by atoms with E-state index in [1.807, 2.05) is 44.2 Å². The number of anilines is 4. The number of piperazine rings is 1. The molecule has 2 heterocycles. The van der Waals surface area contributed by atoms with Crippen LogP contribution in [-0.4, -0.2) is 47.1 Å². The van der Waals surface area contributed by atoms with E-state index in [0.717, 1.165) is 23.6 Å². The highest BCUT2D eigenvalue weighted by molar-refractivity contribution is 5.89. The van der Waals surface area contributed by atoms with E-state index in [1.165, 1.54) is 17.7 Å². The second-order valence-electron chi connectivity index (χ2n) is 8.13. The van der Waals surface area contributed by atoms with Gasteiger partial charge >= 0.3 is 12.2 Å². The van der Waals surface area contributed by atoms with Crippen LogP contribution in [0.4, 0.5) is 41.0 Å². The summed E-state index contributed by atoms with van der Waals surface area (Å²) in [5.74, 6) is 2.05. The molecular weight excluding hydrogens is 445 g/mol. The van der Waals surface area contributed by atoms with Crippen molar-refractivity contribution in [1.29, 1.82) is 0 Å². The number of carbonyl (C=O) groups excluding carboxylic acids is 1. The number of urea groups is 1. The maximum Gasteiger partial charge on any atom is 0.416 e. The standard InChI is InChI=1S/C24H25F3N6O/c1-16-6-8-19(9-7-16)30-21-15-22(29-17(2)28-21)32-10-12-33(13-11-32)23(34)31-20-5-3-4-18(14-20)24(25,26)27/h3-9,14-15H,10-13H2,1-2H3,(H,31,34)(H,28,29,30). The SMILES string of the molecule is Cc1ccc(Nc2cc(N3CCN(C(=O)Nc4cccc(C(F)(F)F)c4)CC3)nc(C)n2)cc1. The highest BCUT2D eigenvalue weighted by Crippen LogP contribution is 2.30. The van der Waals surface area contributed by atoms with Gasteiger partial charge in [0.2, 0.25) is 0 Å². The Morgan fingerprint density at radius 2 is 1.62 bits per heavy atom. The second kappa shape index (κ2) is 9.58. The van der Waals surface area contributed by atoms with Gasteiger partial charge in [-0.3, -0.25) is 0 Å². The molecule has 2 amide bonds. The molecule has 1 aromatic heterocycles. The van der Waals surface area contributed by atoms with E-state index in [0.29, 0.717) is 37.8 Å². The minimum Gasteiger partial charge on any atom is -0.353 e. The van der Waals surface area contributed by atoms with Crippen molar-refractivity contribution in [2.75, 3.05) is 41.7 Å². The van der Waals surface area contributed by atoms with Gasteiger partial charge in [-0.2, -0.15) is 13.2 Å². The molecule has 0 bridgehead atoms. The van der Waals surface area contributed by atoms with Crippen LogP contribution in [0.15, 0.2) is 54.6 Å². The molecule has 0 aliphatic carbocycles. The molecule has 0 saturated carbocycles. The van der Waals surface area contributed by atoms with Crippen LogP contribution in [-0.2, 0) is 6.18 Å². The summed E-state index contributed by atoms with van der Waals surface area (Å²) in [6, 6.07) is 14.0. The Bertz CT molecular complexity index is 1160. The molecule has 0 spiro atoms. The lowest BCUT2D eigenvalue weighted by atomic mass is 10.2. The first kappa shape index (κ1) is 23.3. The molecule has 1 fully saturated rings. The molecule has 178 valence electrons. The number of nitrogens with zero attached hydrogens (tertiary/aromatic N) is 4. The average Bonchev–Trinajstić information content (AvgIpc) is 2.80. The predicted molar refractivity (Wildman–Crippen MR) is 125 cm³/mol. The van der Waals surface area contributed by atoms with Crippen molar-refractivity contribution in [3.63, 3.8) is 0 Å². The molecule has 0 unspecified atom stereocenters. The first-order valence-electron chi connectivity index (χ1n) is 10.8. The van der Waals surface area contributed by atoms with Crippen molar-refractivity contribution in [2.24, 2.45) is 0 Å². The van der Waals surface area contributed by atoms with Gasteiger partial charge in [0.15, 0.2) is 0 Å². The lowest BCUT2D eigenvalue weighted by molar-refractivity contribution is -0.137. The van der Waals surface area contributed by atoms with Gasteiger partial charge < -0.3 is 20.4 Å². The first-order chi connectivity index (χ1) is 16.2. The number of amides is 2. The van der Waals surface area contributed by atoms with Gasteiger partial charge in [0.25, 0.3) is 0 Å². The zero-order valence-electron chi connectivity index (χ0n) is 18.9. The molecule has 7 nitrogen and oxygen atoms in total. The van der Waals surface area contributed by atoms with Crippen LogP contribution in [0.3, 0.4) is 0 Å². The molecule has 1 saturated heterocycles. The van der Waals surface area contributed by atoms with E-state index in [2.05, 4.69) is 25.5 Å². The minimum absolute atomic E-state index is 0.112. The summed E-state index contributed by atoms with van der Waals surface area (Å²) in [4.78, 5) is 25.2. The second-order valence-corrected chi connectivity index (χ2v) is 8.13. The fraction of sp³-hybridized carbons (Fsp3) is 0.292. The molecule has 1 aliphatic heterocycles. The van der Waals surface area contributed by atoms with Crippen molar-refractivity contribution in [1.82, 2.24) is 14.9 Å². The molecule has 34 heavy (non-hydrogen) atoms. The molecule has 3 aromatic rings. The Kier molecular flexibility index (Phi) is 6.58. The van der Waals surface area contributed by atoms with Gasteiger partial charge in [-0.25, -0.2) is 14.8 Å². The summed E-state index contributed by atoms with van der Waals surface area (Å²) < 4.78 is 38.7. The van der Waals surface area contributed by atoms with Gasteiger partial charge in [-0.05, 0) is 44.2 Å². The summed E-state index contributed by atoms with van der Waals surface area (Å²) in [6.07, 6.45) is -4.46. The summed E-state index contributed by atoms with van der Waals surface area (Å²) in [5, 5.41) is 5.85. The highest BCUT2D eigenvalue weighted by atomic mass is 19.4. The first-order valence-corrected chi connectivity index (χ1v) is 10.8. The largest absolute Gasteiger partial charge is 0.416 e. The Balaban J connectivity index is 1.37. The van der Waals surface area contributed by atoms with Crippen molar-refractivity contribution in [3.05, 3.63) is 71.5 Å². The third-order valence-electron chi connectivity index (χ3n) is 5.48. The maximum atomic E-state index is 12.9. The van der Waals surface area contributed by atoms with Crippen LogP contribution in [0.1, 0.15) is 17.0 Å². The van der Waals surface area contributed by atoms with E-state index in [9.17, 15) is 18.0 Å². The van der Waals surface area contributed by atoms with Gasteiger partial charge in [-0.1, -0.05) is 23.8 Å². The van der Waals surface area contributed by atoms with Gasteiger partial charge in [0.05, 0.1) is 5.56 Å². The fourth-order valence-electron chi connectivity index (χ4n) is 3.68. The van der Waals surface area contributed by atoms with E-state index < -0.39 is 17.8 Å². The molecule has 2 N–H and O–H groups in total. The van der Waals surface area contributed by atoms with E-state index in [1.54, 1.807) is 4.90 Å². The summed E-state index contributed by atoms with van der Waals surface area (Å²) in [7, 11) is 0. The normalized spacial score (nSPS) is 14.1. The van der Waals surface area contributed by atoms with E-state index in [-0.39, 0.29) is 5.69 Å². The van der Waals surface area contributed by atoms with Crippen LogP contribution in [0.2, 0.25) is 0 Å². The molecule has 10 heteroatoms. The number of aromatic nitrogens is 2. The number of alkyl halides is 3. The number of carbonyl (C=O) groups is 1. The number of halogens is 3. The highest BCUT2D eigenvalue weighted by Gasteiger charge is 2.31. The van der Waals surface area contributed by atoms with E-state index in [4.69, 9.17) is 0 Å². The monoisotopic (exact) mass is 470 g/mol. The van der Waals surface area contributed by atoms with Crippen LogP contribution in [0, 0.1) is 13.8 Å². The molecular formula is C24H25F3N6O.